The highest BCUT2D eigenvalue weighted by Gasteiger charge is 2.18. The Morgan fingerprint density at radius 1 is 0.390 bits per heavy atom. The zero-order valence-electron chi connectivity index (χ0n) is 51.2. The molecule has 3 amide bonds. The van der Waals surface area contributed by atoms with Gasteiger partial charge in [-0.05, 0) is 121 Å². The molecular weight excluding hydrogens is 961 g/mol. The maximum atomic E-state index is 13.0. The molecule has 0 saturated carbocycles. The zero-order valence-corrected chi connectivity index (χ0v) is 51.2. The first-order valence-electron chi connectivity index (χ1n) is 32.0. The molecule has 0 aliphatic heterocycles. The van der Waals surface area contributed by atoms with Gasteiger partial charge in [-0.15, -0.1) is 0 Å². The van der Waals surface area contributed by atoms with Crippen LogP contribution in [0.3, 0.4) is 0 Å². The van der Waals surface area contributed by atoms with Crippen LogP contribution in [0.1, 0.15) is 267 Å². The van der Waals surface area contributed by atoms with E-state index in [-0.39, 0.29) is 53.2 Å². The summed E-state index contributed by atoms with van der Waals surface area (Å²) < 4.78 is 6.18. The molecule has 1 rings (SSSR count). The van der Waals surface area contributed by atoms with Gasteiger partial charge >= 0.3 is 0 Å². The van der Waals surface area contributed by atoms with Crippen molar-refractivity contribution in [3.05, 3.63) is 29.8 Å². The third kappa shape index (κ3) is 37.8. The van der Waals surface area contributed by atoms with Gasteiger partial charge in [0.05, 0.1) is 0 Å². The second-order valence-electron chi connectivity index (χ2n) is 23.5. The number of amides is 3. The number of aryl methyl sites for hydroxylation is 1. The zero-order chi connectivity index (χ0) is 56.9. The molecule has 0 fully saturated rings. The maximum Gasteiger partial charge on any atom is 0.222 e. The van der Waals surface area contributed by atoms with E-state index in [1.807, 2.05) is 34.6 Å². The molecule has 0 aromatic heterocycles. The minimum atomic E-state index is -0.0828. The first kappa shape index (κ1) is 71.4. The summed E-state index contributed by atoms with van der Waals surface area (Å²) in [7, 11) is 0. The number of nitrogens with zero attached hydrogens (tertiary/aromatic N) is 1. The predicted octanol–water partition coefficient (Wildman–Crippen LogP) is 14.9. The van der Waals surface area contributed by atoms with Crippen molar-refractivity contribution < 1.29 is 33.5 Å². The Labute approximate surface area is 472 Å². The molecule has 0 spiro atoms. The first-order chi connectivity index (χ1) is 37.1. The Morgan fingerprint density at radius 3 is 1.12 bits per heavy atom. The number of benzene rings is 1. The van der Waals surface area contributed by atoms with Crippen LogP contribution in [0.25, 0.3) is 0 Å². The number of carbonyl (C=O) groups is 6. The SMILES string of the molecule is CCCCCc1ccc(OCCN(CCCNC(=O)[C@@H](C)CCCCCC(=O)[C@@H](C)CCCCCC(=O)[C@@H](C)CCCCC)CCCNC(=O)[C@@H](C)CCCCCC(=O)[C@@H](C)CCCCNC(=O)[C@@H](C)CCCCC)cc1. The predicted molar refractivity (Wildman–Crippen MR) is 321 cm³/mol. The van der Waals surface area contributed by atoms with E-state index < -0.39 is 0 Å². The second kappa shape index (κ2) is 47.2. The molecule has 444 valence electrons. The van der Waals surface area contributed by atoms with E-state index in [1.165, 1.54) is 44.1 Å². The molecule has 0 saturated heterocycles. The van der Waals surface area contributed by atoms with E-state index in [4.69, 9.17) is 4.74 Å². The lowest BCUT2D eigenvalue weighted by Crippen LogP contribution is -2.36. The van der Waals surface area contributed by atoms with Crippen LogP contribution in [0, 0.1) is 35.5 Å². The van der Waals surface area contributed by atoms with Crippen LogP contribution in [0.15, 0.2) is 24.3 Å². The summed E-state index contributed by atoms with van der Waals surface area (Å²) in [6.07, 6.45) is 30.7. The topological polar surface area (TPSA) is 151 Å². The standard InChI is InChI=1S/C66H118N4O7/c1-10-13-19-32-53(4)61(71)39-25-16-22-33-54(5)62(72)40-26-17-23-36-57(8)65(75)68-47-30-49-70(51-52-77-60-44-42-59(43-45-60)38-21-15-12-3)50-31-48-69-66(76)58(9)37-24-18-27-41-63(73)55(6)34-28-29-46-67-64(74)56(7)35-20-14-11-2/h42-45,53-58H,10-41,46-52H2,1-9H3,(H,67,74)(H,68,75)(H,69,76)/t53-,54-,55-,56-,57-,58-/m0/s1. The molecule has 1 aromatic rings. The van der Waals surface area contributed by atoms with Crippen molar-refractivity contribution in [3.8, 4) is 5.75 Å². The summed E-state index contributed by atoms with van der Waals surface area (Å²) in [4.78, 5) is 78.8. The van der Waals surface area contributed by atoms with Crippen molar-refractivity contribution in [2.45, 2.75) is 268 Å². The highest BCUT2D eigenvalue weighted by Crippen LogP contribution is 2.20. The van der Waals surface area contributed by atoms with Gasteiger partial charge in [0.1, 0.15) is 29.7 Å². The molecule has 1 aromatic carbocycles. The minimum Gasteiger partial charge on any atom is -0.492 e. The van der Waals surface area contributed by atoms with Crippen molar-refractivity contribution in [2.75, 3.05) is 45.9 Å². The molecule has 6 atom stereocenters. The van der Waals surface area contributed by atoms with Gasteiger partial charge in [-0.2, -0.15) is 0 Å². The quantitative estimate of drug-likeness (QED) is 0.0546. The number of Topliss-reactive ketones (excluding diaryl/α,β-unsaturated/α-hetero) is 3. The number of ketones is 3. The lowest BCUT2D eigenvalue weighted by atomic mass is 9.92. The van der Waals surface area contributed by atoms with Crippen LogP contribution >= 0.6 is 0 Å². The highest BCUT2D eigenvalue weighted by molar-refractivity contribution is 5.82. The monoisotopic (exact) mass is 1080 g/mol. The minimum absolute atomic E-state index is 0.0386. The Balaban J connectivity index is 2.41. The van der Waals surface area contributed by atoms with Gasteiger partial charge in [0, 0.05) is 80.9 Å². The fourth-order valence-corrected chi connectivity index (χ4v) is 10.1. The van der Waals surface area contributed by atoms with Gasteiger partial charge in [0.25, 0.3) is 0 Å². The lowest BCUT2D eigenvalue weighted by molar-refractivity contribution is -0.125. The molecule has 77 heavy (non-hydrogen) atoms. The van der Waals surface area contributed by atoms with Crippen molar-refractivity contribution in [3.63, 3.8) is 0 Å². The Bertz CT molecular complexity index is 1590. The average Bonchev–Trinajstić information content (AvgIpc) is 3.42. The lowest BCUT2D eigenvalue weighted by Gasteiger charge is -2.23. The molecule has 11 nitrogen and oxygen atoms in total. The van der Waals surface area contributed by atoms with Gasteiger partial charge in [0.15, 0.2) is 0 Å². The summed E-state index contributed by atoms with van der Waals surface area (Å²) in [5.41, 5.74) is 1.34. The van der Waals surface area contributed by atoms with Crippen LogP contribution in [0.2, 0.25) is 0 Å². The van der Waals surface area contributed by atoms with Gasteiger partial charge in [0.2, 0.25) is 17.7 Å². The summed E-state index contributed by atoms with van der Waals surface area (Å²) in [6, 6.07) is 8.47. The summed E-state index contributed by atoms with van der Waals surface area (Å²) in [6.45, 7) is 23.5. The smallest absolute Gasteiger partial charge is 0.222 e. The van der Waals surface area contributed by atoms with Crippen LogP contribution in [-0.2, 0) is 35.2 Å². The molecule has 0 radical (unpaired) electrons. The Hall–Kier alpha value is -3.60. The van der Waals surface area contributed by atoms with Gasteiger partial charge < -0.3 is 20.7 Å². The van der Waals surface area contributed by atoms with Crippen LogP contribution < -0.4 is 20.7 Å². The maximum absolute atomic E-state index is 13.0. The first-order valence-corrected chi connectivity index (χ1v) is 32.0. The third-order valence-corrected chi connectivity index (χ3v) is 16.1. The summed E-state index contributed by atoms with van der Waals surface area (Å²) in [5, 5.41) is 9.39. The largest absolute Gasteiger partial charge is 0.492 e. The molecule has 0 aliphatic rings. The van der Waals surface area contributed by atoms with Crippen LogP contribution in [-0.4, -0.2) is 85.8 Å². The molecule has 3 N–H and O–H groups in total. The van der Waals surface area contributed by atoms with Gasteiger partial charge in [-0.3, -0.25) is 33.7 Å². The number of nitrogens with one attached hydrogen (secondary N) is 3. The highest BCUT2D eigenvalue weighted by atomic mass is 16.5. The van der Waals surface area contributed by atoms with E-state index >= 15 is 0 Å². The van der Waals surface area contributed by atoms with Crippen molar-refractivity contribution in [1.29, 1.82) is 0 Å². The number of ether oxygens (including phenoxy) is 1. The van der Waals surface area contributed by atoms with Gasteiger partial charge in [-0.1, -0.05) is 171 Å². The summed E-state index contributed by atoms with van der Waals surface area (Å²) in [5.74, 6) is 2.41. The van der Waals surface area contributed by atoms with Crippen LogP contribution in [0.5, 0.6) is 5.75 Å². The van der Waals surface area contributed by atoms with Gasteiger partial charge in [-0.25, -0.2) is 0 Å². The third-order valence-electron chi connectivity index (χ3n) is 16.1. The molecule has 0 heterocycles. The number of hydrogen-bond donors (Lipinski definition) is 3. The van der Waals surface area contributed by atoms with E-state index in [1.54, 1.807) is 0 Å². The average molecular weight is 1080 g/mol. The Kier molecular flexibility index (Phi) is 43.8. The molecule has 0 aliphatic carbocycles. The molecular formula is C66H118N4O7. The molecule has 11 heteroatoms. The van der Waals surface area contributed by atoms with Crippen LogP contribution in [0.4, 0.5) is 0 Å². The van der Waals surface area contributed by atoms with Crippen molar-refractivity contribution >= 4 is 35.1 Å². The number of unbranched alkanes of at least 4 members (excludes halogenated alkanes) is 13. The normalized spacial score (nSPS) is 13.8. The van der Waals surface area contributed by atoms with Crippen molar-refractivity contribution in [2.24, 2.45) is 35.5 Å². The fourth-order valence-electron chi connectivity index (χ4n) is 10.1. The van der Waals surface area contributed by atoms with Crippen molar-refractivity contribution in [1.82, 2.24) is 20.9 Å². The summed E-state index contributed by atoms with van der Waals surface area (Å²) >= 11 is 0. The fraction of sp³-hybridized carbons (Fsp3) is 0.818. The van der Waals surface area contributed by atoms with E-state index in [9.17, 15) is 28.8 Å². The Morgan fingerprint density at radius 2 is 0.727 bits per heavy atom. The number of hydrogen-bond acceptors (Lipinski definition) is 8. The molecule has 0 unspecified atom stereocenters. The van der Waals surface area contributed by atoms with E-state index in [0.29, 0.717) is 62.9 Å². The van der Waals surface area contributed by atoms with E-state index in [0.717, 1.165) is 173 Å². The second-order valence-corrected chi connectivity index (χ2v) is 23.5. The van der Waals surface area contributed by atoms with E-state index in [2.05, 4.69) is 72.8 Å². The molecule has 0 bridgehead atoms. The number of rotatable bonds is 53. The number of carbonyl (C=O) groups excluding carboxylic acids is 6.